The summed E-state index contributed by atoms with van der Waals surface area (Å²) in [6.45, 7) is 3.87. The van der Waals surface area contributed by atoms with Gasteiger partial charge in [0, 0.05) is 5.69 Å². The largest absolute Gasteiger partial charge is 0.505 e. The van der Waals surface area contributed by atoms with E-state index in [-0.39, 0.29) is 27.6 Å². The summed E-state index contributed by atoms with van der Waals surface area (Å²) in [5.41, 5.74) is 6.21. The van der Waals surface area contributed by atoms with Crippen molar-refractivity contribution in [1.82, 2.24) is 0 Å². The van der Waals surface area contributed by atoms with E-state index < -0.39 is 6.04 Å². The Morgan fingerprint density at radius 2 is 1.94 bits per heavy atom. The highest BCUT2D eigenvalue weighted by Crippen LogP contribution is 2.34. The number of hydrogen-bond donors (Lipinski definition) is 3. The maximum Gasteiger partial charge on any atom is 0.241 e. The number of benzene rings is 1. The Morgan fingerprint density at radius 3 is 2.39 bits per heavy atom. The van der Waals surface area contributed by atoms with E-state index in [1.807, 2.05) is 13.8 Å². The molecule has 0 aliphatic rings. The summed E-state index contributed by atoms with van der Waals surface area (Å²) in [5, 5.41) is 12.2. The summed E-state index contributed by atoms with van der Waals surface area (Å²) in [6, 6.07) is 2.25. The van der Waals surface area contributed by atoms with E-state index in [9.17, 15) is 9.90 Å². The van der Waals surface area contributed by atoms with Gasteiger partial charge >= 0.3 is 0 Å². The summed E-state index contributed by atoms with van der Waals surface area (Å²) in [4.78, 5) is 11.8. The van der Waals surface area contributed by atoms with Crippen molar-refractivity contribution < 1.29 is 9.90 Å². The molecule has 4 nitrogen and oxygen atoms in total. The molecule has 0 saturated carbocycles. The van der Waals surface area contributed by atoms with E-state index >= 15 is 0 Å². The molecule has 1 rings (SSSR count). The van der Waals surface area contributed by atoms with Crippen molar-refractivity contribution in [2.24, 2.45) is 11.7 Å². The van der Waals surface area contributed by atoms with Crippen LogP contribution in [0.1, 0.15) is 20.3 Å². The van der Waals surface area contributed by atoms with E-state index in [0.717, 1.165) is 6.42 Å². The minimum atomic E-state index is -0.596. The van der Waals surface area contributed by atoms with Gasteiger partial charge in [0.2, 0.25) is 5.91 Å². The van der Waals surface area contributed by atoms with Crippen LogP contribution in [0.15, 0.2) is 12.1 Å². The maximum absolute atomic E-state index is 11.8. The number of phenols is 1. The fraction of sp³-hybridized carbons (Fsp3) is 0.417. The van der Waals surface area contributed by atoms with Crippen molar-refractivity contribution in [1.29, 1.82) is 0 Å². The van der Waals surface area contributed by atoms with Crippen LogP contribution < -0.4 is 11.1 Å². The minimum absolute atomic E-state index is 0.0769. The Kier molecular flexibility index (Phi) is 5.26. The number of rotatable bonds is 4. The Bertz CT molecular complexity index is 429. The molecule has 0 aromatic heterocycles. The van der Waals surface area contributed by atoms with Crippen molar-refractivity contribution in [3.8, 4) is 5.75 Å². The number of nitrogens with one attached hydrogen (secondary N) is 1. The van der Waals surface area contributed by atoms with Crippen LogP contribution in [0.5, 0.6) is 5.75 Å². The van der Waals surface area contributed by atoms with Crippen LogP contribution in [0, 0.1) is 5.92 Å². The molecule has 18 heavy (non-hydrogen) atoms. The zero-order chi connectivity index (χ0) is 13.9. The van der Waals surface area contributed by atoms with Crippen LogP contribution in [-0.4, -0.2) is 17.1 Å². The van der Waals surface area contributed by atoms with Gasteiger partial charge in [-0.3, -0.25) is 4.79 Å². The molecule has 6 heteroatoms. The fourth-order valence-electron chi connectivity index (χ4n) is 1.38. The third-order valence-electron chi connectivity index (χ3n) is 2.84. The van der Waals surface area contributed by atoms with Crippen LogP contribution in [0.25, 0.3) is 0 Å². The third-order valence-corrected chi connectivity index (χ3v) is 3.42. The number of hydrogen-bond acceptors (Lipinski definition) is 3. The van der Waals surface area contributed by atoms with Gasteiger partial charge in [0.05, 0.1) is 16.1 Å². The summed E-state index contributed by atoms with van der Waals surface area (Å²) in [6.07, 6.45) is 0.811. The second-order valence-electron chi connectivity index (χ2n) is 4.19. The third kappa shape index (κ3) is 3.51. The highest BCUT2D eigenvalue weighted by atomic mass is 35.5. The average Bonchev–Trinajstić information content (AvgIpc) is 2.33. The van der Waals surface area contributed by atoms with Crippen LogP contribution >= 0.6 is 23.2 Å². The zero-order valence-corrected chi connectivity index (χ0v) is 11.7. The first-order chi connectivity index (χ1) is 8.36. The lowest BCUT2D eigenvalue weighted by Gasteiger charge is -2.18. The second-order valence-corrected chi connectivity index (χ2v) is 5.00. The Morgan fingerprint density at radius 1 is 1.44 bits per heavy atom. The molecule has 2 atom stereocenters. The Labute approximate surface area is 116 Å². The van der Waals surface area contributed by atoms with E-state index in [4.69, 9.17) is 28.9 Å². The SMILES string of the molecule is CC[C@H](C)[C@H](N)C(=O)Nc1cc(Cl)c(O)c(Cl)c1. The molecule has 0 radical (unpaired) electrons. The number of amides is 1. The minimum Gasteiger partial charge on any atom is -0.505 e. The number of aromatic hydroxyl groups is 1. The van der Waals surface area contributed by atoms with E-state index in [2.05, 4.69) is 5.32 Å². The topological polar surface area (TPSA) is 75.4 Å². The predicted molar refractivity (Wildman–Crippen MR) is 74.2 cm³/mol. The number of halogens is 2. The number of phenolic OH excluding ortho intramolecular Hbond substituents is 1. The number of anilines is 1. The van der Waals surface area contributed by atoms with Crippen LogP contribution in [-0.2, 0) is 4.79 Å². The molecule has 1 aromatic carbocycles. The van der Waals surface area contributed by atoms with E-state index in [1.165, 1.54) is 12.1 Å². The monoisotopic (exact) mass is 290 g/mol. The van der Waals surface area contributed by atoms with Crippen LogP contribution in [0.3, 0.4) is 0 Å². The summed E-state index contributed by atoms with van der Waals surface area (Å²) in [5.74, 6) is -0.433. The van der Waals surface area contributed by atoms with Crippen LogP contribution in [0.4, 0.5) is 5.69 Å². The van der Waals surface area contributed by atoms with Crippen molar-refractivity contribution in [2.45, 2.75) is 26.3 Å². The molecule has 0 heterocycles. The second kappa shape index (κ2) is 6.27. The van der Waals surface area contributed by atoms with Crippen molar-refractivity contribution in [3.05, 3.63) is 22.2 Å². The van der Waals surface area contributed by atoms with Gasteiger partial charge in [-0.25, -0.2) is 0 Å². The first-order valence-electron chi connectivity index (χ1n) is 5.61. The lowest BCUT2D eigenvalue weighted by Crippen LogP contribution is -2.40. The molecule has 1 amide bonds. The smallest absolute Gasteiger partial charge is 0.241 e. The highest BCUT2D eigenvalue weighted by Gasteiger charge is 2.20. The van der Waals surface area contributed by atoms with Gasteiger partial charge in [-0.05, 0) is 18.1 Å². The van der Waals surface area contributed by atoms with Gasteiger partial charge < -0.3 is 16.2 Å². The molecule has 0 aliphatic carbocycles. The Hall–Kier alpha value is -0.970. The molecule has 0 aliphatic heterocycles. The predicted octanol–water partition coefficient (Wildman–Crippen LogP) is 3.01. The maximum atomic E-state index is 11.8. The van der Waals surface area contributed by atoms with Crippen molar-refractivity contribution >= 4 is 34.8 Å². The molecule has 0 unspecified atom stereocenters. The van der Waals surface area contributed by atoms with Gasteiger partial charge in [-0.2, -0.15) is 0 Å². The molecule has 0 spiro atoms. The standard InChI is InChI=1S/C12H16Cl2N2O2/c1-3-6(2)10(15)12(18)16-7-4-8(13)11(17)9(14)5-7/h4-6,10,17H,3,15H2,1-2H3,(H,16,18)/t6-,10-/m0/s1. The van der Waals surface area contributed by atoms with E-state index in [0.29, 0.717) is 5.69 Å². The summed E-state index contributed by atoms with van der Waals surface area (Å²) >= 11 is 11.5. The Balaban J connectivity index is 2.82. The first-order valence-corrected chi connectivity index (χ1v) is 6.36. The van der Waals surface area contributed by atoms with Gasteiger partial charge in [-0.15, -0.1) is 0 Å². The highest BCUT2D eigenvalue weighted by molar-refractivity contribution is 6.37. The van der Waals surface area contributed by atoms with Crippen molar-refractivity contribution in [3.63, 3.8) is 0 Å². The normalized spacial score (nSPS) is 14.1. The average molecular weight is 291 g/mol. The molecular formula is C12H16Cl2N2O2. The van der Waals surface area contributed by atoms with Gasteiger partial charge in [-0.1, -0.05) is 43.5 Å². The molecule has 4 N–H and O–H groups in total. The van der Waals surface area contributed by atoms with Crippen molar-refractivity contribution in [2.75, 3.05) is 5.32 Å². The van der Waals surface area contributed by atoms with Gasteiger partial charge in [0.25, 0.3) is 0 Å². The van der Waals surface area contributed by atoms with Crippen LogP contribution in [0.2, 0.25) is 10.0 Å². The lowest BCUT2D eigenvalue weighted by atomic mass is 9.99. The summed E-state index contributed by atoms with van der Waals surface area (Å²) < 4.78 is 0. The molecular weight excluding hydrogens is 275 g/mol. The molecule has 100 valence electrons. The zero-order valence-electron chi connectivity index (χ0n) is 10.2. The number of nitrogens with two attached hydrogens (primary N) is 1. The molecule has 0 saturated heterocycles. The molecule has 0 fully saturated rings. The number of carbonyl (C=O) groups excluding carboxylic acids is 1. The molecule has 0 bridgehead atoms. The quantitative estimate of drug-likeness (QED) is 0.746. The first kappa shape index (κ1) is 15.1. The van der Waals surface area contributed by atoms with Gasteiger partial charge in [0.15, 0.2) is 5.75 Å². The van der Waals surface area contributed by atoms with E-state index in [1.54, 1.807) is 0 Å². The number of carbonyl (C=O) groups is 1. The van der Waals surface area contributed by atoms with Gasteiger partial charge in [0.1, 0.15) is 0 Å². The molecule has 1 aromatic rings. The fourth-order valence-corrected chi connectivity index (χ4v) is 1.86. The lowest BCUT2D eigenvalue weighted by molar-refractivity contribution is -0.118. The summed E-state index contributed by atoms with van der Waals surface area (Å²) in [7, 11) is 0.